The molecule has 0 radical (unpaired) electrons. The van der Waals surface area contributed by atoms with Gasteiger partial charge in [-0.3, -0.25) is 4.79 Å². The smallest absolute Gasteiger partial charge is 0.252 e. The van der Waals surface area contributed by atoms with Gasteiger partial charge in [0.2, 0.25) is 0 Å². The van der Waals surface area contributed by atoms with Crippen molar-refractivity contribution in [1.29, 1.82) is 0 Å². The molecule has 94 valence electrons. The van der Waals surface area contributed by atoms with Gasteiger partial charge in [-0.05, 0) is 46.5 Å². The number of hydrogen-bond acceptors (Lipinski definition) is 1. The number of halogens is 2. The zero-order valence-corrected chi connectivity index (χ0v) is 13.4. The van der Waals surface area contributed by atoms with Crippen molar-refractivity contribution < 1.29 is 4.79 Å². The molecule has 2 nitrogen and oxygen atoms in total. The van der Waals surface area contributed by atoms with E-state index in [2.05, 4.69) is 57.9 Å². The molecule has 0 saturated heterocycles. The summed E-state index contributed by atoms with van der Waals surface area (Å²) in [6.45, 7) is 6.32. The van der Waals surface area contributed by atoms with Crippen molar-refractivity contribution in [3.05, 3.63) is 32.7 Å². The van der Waals surface area contributed by atoms with Gasteiger partial charge in [-0.15, -0.1) is 0 Å². The Balaban J connectivity index is 2.82. The van der Waals surface area contributed by atoms with Crippen LogP contribution in [0.4, 0.5) is 0 Å². The number of carbonyl (C=O) groups is 1. The summed E-state index contributed by atoms with van der Waals surface area (Å²) in [6, 6.07) is 5.79. The minimum atomic E-state index is -0.0232. The van der Waals surface area contributed by atoms with Crippen molar-refractivity contribution >= 4 is 37.8 Å². The summed E-state index contributed by atoms with van der Waals surface area (Å²) in [5.74, 6) is 0.420. The Morgan fingerprint density at radius 1 is 1.35 bits per heavy atom. The Hall–Kier alpha value is -0.350. The molecule has 17 heavy (non-hydrogen) atoms. The summed E-state index contributed by atoms with van der Waals surface area (Å²) in [7, 11) is 0. The van der Waals surface area contributed by atoms with E-state index in [0.717, 1.165) is 15.4 Å². The second kappa shape index (κ2) is 6.55. The fourth-order valence-electron chi connectivity index (χ4n) is 1.66. The van der Waals surface area contributed by atoms with E-state index < -0.39 is 0 Å². The van der Waals surface area contributed by atoms with Gasteiger partial charge in [-0.25, -0.2) is 0 Å². The molecular formula is C13H17Br2NO. The fourth-order valence-corrected chi connectivity index (χ4v) is 2.89. The first-order valence-corrected chi connectivity index (χ1v) is 7.30. The Morgan fingerprint density at radius 3 is 2.47 bits per heavy atom. The zero-order valence-electron chi connectivity index (χ0n) is 10.3. The lowest BCUT2D eigenvalue weighted by molar-refractivity contribution is 0.0924. The molecule has 0 aromatic heterocycles. The summed E-state index contributed by atoms with van der Waals surface area (Å²) in [5.41, 5.74) is 0.673. The molecule has 1 unspecified atom stereocenters. The van der Waals surface area contributed by atoms with E-state index in [1.807, 2.05) is 18.2 Å². The molecule has 0 fully saturated rings. The Labute approximate surface area is 119 Å². The van der Waals surface area contributed by atoms with Crippen LogP contribution in [0.1, 0.15) is 37.6 Å². The van der Waals surface area contributed by atoms with Gasteiger partial charge in [-0.1, -0.05) is 36.7 Å². The SMILES string of the molecule is CCC(NC(=O)c1ccc(Br)cc1Br)C(C)C. The monoisotopic (exact) mass is 361 g/mol. The van der Waals surface area contributed by atoms with E-state index in [0.29, 0.717) is 11.5 Å². The predicted octanol–water partition coefficient (Wildman–Crippen LogP) is 4.38. The van der Waals surface area contributed by atoms with Gasteiger partial charge in [-0.2, -0.15) is 0 Å². The molecule has 0 bridgehead atoms. The van der Waals surface area contributed by atoms with Crippen molar-refractivity contribution in [2.24, 2.45) is 5.92 Å². The average molecular weight is 363 g/mol. The lowest BCUT2D eigenvalue weighted by Crippen LogP contribution is -2.38. The second-order valence-corrected chi connectivity index (χ2v) is 6.13. The number of benzene rings is 1. The summed E-state index contributed by atoms with van der Waals surface area (Å²) >= 11 is 6.78. The topological polar surface area (TPSA) is 29.1 Å². The first-order chi connectivity index (χ1) is 7.95. The molecule has 1 N–H and O–H groups in total. The van der Waals surface area contributed by atoms with Crippen molar-refractivity contribution in [2.45, 2.75) is 33.2 Å². The minimum absolute atomic E-state index is 0.0232. The third kappa shape index (κ3) is 4.11. The molecule has 1 aromatic rings. The highest BCUT2D eigenvalue weighted by Crippen LogP contribution is 2.22. The van der Waals surface area contributed by atoms with E-state index in [1.165, 1.54) is 0 Å². The highest BCUT2D eigenvalue weighted by Gasteiger charge is 2.16. The maximum atomic E-state index is 12.1. The van der Waals surface area contributed by atoms with Crippen LogP contribution >= 0.6 is 31.9 Å². The number of amides is 1. The first kappa shape index (κ1) is 14.7. The van der Waals surface area contributed by atoms with Gasteiger partial charge in [0.15, 0.2) is 0 Å². The predicted molar refractivity (Wildman–Crippen MR) is 78.2 cm³/mol. The van der Waals surface area contributed by atoms with Crippen LogP contribution < -0.4 is 5.32 Å². The number of rotatable bonds is 4. The van der Waals surface area contributed by atoms with Crippen LogP contribution in [0, 0.1) is 5.92 Å². The molecule has 4 heteroatoms. The van der Waals surface area contributed by atoms with E-state index in [-0.39, 0.29) is 11.9 Å². The van der Waals surface area contributed by atoms with Gasteiger partial charge in [0, 0.05) is 15.0 Å². The normalized spacial score (nSPS) is 12.6. The lowest BCUT2D eigenvalue weighted by Gasteiger charge is -2.21. The summed E-state index contributed by atoms with van der Waals surface area (Å²) < 4.78 is 1.76. The van der Waals surface area contributed by atoms with Gasteiger partial charge in [0.1, 0.15) is 0 Å². The van der Waals surface area contributed by atoms with Crippen molar-refractivity contribution in [3.8, 4) is 0 Å². The Kier molecular flexibility index (Phi) is 5.67. The van der Waals surface area contributed by atoms with Crippen molar-refractivity contribution in [2.75, 3.05) is 0 Å². The quantitative estimate of drug-likeness (QED) is 0.846. The number of carbonyl (C=O) groups excluding carboxylic acids is 1. The summed E-state index contributed by atoms with van der Waals surface area (Å²) in [5, 5.41) is 3.06. The van der Waals surface area contributed by atoms with Gasteiger partial charge in [0.25, 0.3) is 5.91 Å². The maximum Gasteiger partial charge on any atom is 0.252 e. The molecule has 0 aliphatic carbocycles. The molecule has 1 amide bonds. The average Bonchev–Trinajstić information content (AvgIpc) is 2.24. The van der Waals surface area contributed by atoms with E-state index in [1.54, 1.807) is 0 Å². The van der Waals surface area contributed by atoms with Crippen LogP contribution in [0.3, 0.4) is 0 Å². The first-order valence-electron chi connectivity index (χ1n) is 5.71. The van der Waals surface area contributed by atoms with Crippen LogP contribution in [0.5, 0.6) is 0 Å². The fraction of sp³-hybridized carbons (Fsp3) is 0.462. The molecular weight excluding hydrogens is 346 g/mol. The third-order valence-electron chi connectivity index (χ3n) is 2.74. The van der Waals surface area contributed by atoms with Crippen LogP contribution in [-0.4, -0.2) is 11.9 Å². The summed E-state index contributed by atoms with van der Waals surface area (Å²) in [6.07, 6.45) is 0.942. The standard InChI is InChI=1S/C13H17Br2NO/c1-4-12(8(2)3)16-13(17)10-6-5-9(14)7-11(10)15/h5-8,12H,4H2,1-3H3,(H,16,17). The Bertz CT molecular complexity index is 404. The van der Waals surface area contributed by atoms with Crippen LogP contribution in [0.25, 0.3) is 0 Å². The lowest BCUT2D eigenvalue weighted by atomic mass is 10.0. The zero-order chi connectivity index (χ0) is 13.0. The molecule has 0 aliphatic rings. The largest absolute Gasteiger partial charge is 0.349 e. The highest BCUT2D eigenvalue weighted by atomic mass is 79.9. The van der Waals surface area contributed by atoms with Gasteiger partial charge < -0.3 is 5.32 Å². The molecule has 0 heterocycles. The third-order valence-corrected chi connectivity index (χ3v) is 3.89. The van der Waals surface area contributed by atoms with Crippen LogP contribution in [0.15, 0.2) is 27.1 Å². The van der Waals surface area contributed by atoms with E-state index in [4.69, 9.17) is 0 Å². The van der Waals surface area contributed by atoms with E-state index >= 15 is 0 Å². The molecule has 1 rings (SSSR count). The van der Waals surface area contributed by atoms with Crippen LogP contribution in [-0.2, 0) is 0 Å². The van der Waals surface area contributed by atoms with Crippen molar-refractivity contribution in [1.82, 2.24) is 5.32 Å². The molecule has 0 spiro atoms. The molecule has 1 atom stereocenters. The van der Waals surface area contributed by atoms with E-state index in [9.17, 15) is 4.79 Å². The van der Waals surface area contributed by atoms with Crippen molar-refractivity contribution in [3.63, 3.8) is 0 Å². The number of hydrogen-bond donors (Lipinski definition) is 1. The molecule has 1 aromatic carbocycles. The van der Waals surface area contributed by atoms with Crippen LogP contribution in [0.2, 0.25) is 0 Å². The molecule has 0 saturated carbocycles. The Morgan fingerprint density at radius 2 is 2.00 bits per heavy atom. The van der Waals surface area contributed by atoms with Gasteiger partial charge in [0.05, 0.1) is 5.56 Å². The second-order valence-electron chi connectivity index (χ2n) is 4.36. The summed E-state index contributed by atoms with van der Waals surface area (Å²) in [4.78, 5) is 12.1. The minimum Gasteiger partial charge on any atom is -0.349 e. The maximum absolute atomic E-state index is 12.1. The van der Waals surface area contributed by atoms with Gasteiger partial charge >= 0.3 is 0 Å². The highest BCUT2D eigenvalue weighted by molar-refractivity contribution is 9.11. The molecule has 0 aliphatic heterocycles. The number of nitrogens with one attached hydrogen (secondary N) is 1.